The molecular formula is C29H23N3O4S. The second-order valence-electron chi connectivity index (χ2n) is 8.41. The fourth-order valence-electron chi connectivity index (χ4n) is 4.23. The summed E-state index contributed by atoms with van der Waals surface area (Å²) in [7, 11) is -3.72. The number of anilines is 3. The van der Waals surface area contributed by atoms with E-state index < -0.39 is 15.9 Å². The maximum atomic E-state index is 13.5. The van der Waals surface area contributed by atoms with Gasteiger partial charge in [0.05, 0.1) is 21.9 Å². The Morgan fingerprint density at radius 3 is 1.95 bits per heavy atom. The van der Waals surface area contributed by atoms with Gasteiger partial charge in [-0.3, -0.25) is 14.3 Å². The zero-order valence-electron chi connectivity index (χ0n) is 19.9. The molecule has 0 unspecified atom stereocenters. The van der Waals surface area contributed by atoms with Crippen LogP contribution in [0, 0.1) is 0 Å². The maximum Gasteiger partial charge on any atom is 0.267 e. The molecule has 0 fully saturated rings. The van der Waals surface area contributed by atoms with Crippen molar-refractivity contribution in [3.05, 3.63) is 120 Å². The van der Waals surface area contributed by atoms with E-state index in [1.54, 1.807) is 54.6 Å². The number of rotatable bonds is 6. The number of carbonyl (C=O) groups excluding carboxylic acids is 2. The van der Waals surface area contributed by atoms with Crippen molar-refractivity contribution in [1.29, 1.82) is 0 Å². The van der Waals surface area contributed by atoms with E-state index in [0.717, 1.165) is 5.56 Å². The molecule has 7 nitrogen and oxygen atoms in total. The Bertz CT molecular complexity index is 1620. The highest BCUT2D eigenvalue weighted by Gasteiger charge is 2.37. The molecule has 5 rings (SSSR count). The summed E-state index contributed by atoms with van der Waals surface area (Å²) < 4.78 is 27.9. The van der Waals surface area contributed by atoms with Gasteiger partial charge in [0.1, 0.15) is 0 Å². The number of nitrogens with one attached hydrogen (secondary N) is 2. The second kappa shape index (κ2) is 9.75. The van der Waals surface area contributed by atoms with Crippen LogP contribution in [0.25, 0.3) is 11.3 Å². The first-order valence-corrected chi connectivity index (χ1v) is 13.0. The molecule has 0 bridgehead atoms. The quantitative estimate of drug-likeness (QED) is 0.341. The van der Waals surface area contributed by atoms with Gasteiger partial charge >= 0.3 is 0 Å². The number of fused-ring (bicyclic) bond motifs is 1. The van der Waals surface area contributed by atoms with Crippen molar-refractivity contribution in [2.24, 2.45) is 0 Å². The van der Waals surface area contributed by atoms with Crippen molar-refractivity contribution in [1.82, 2.24) is 0 Å². The first kappa shape index (κ1) is 24.0. The molecule has 1 aliphatic heterocycles. The normalized spacial score (nSPS) is 14.2. The summed E-state index contributed by atoms with van der Waals surface area (Å²) in [4.78, 5) is 27.2. The van der Waals surface area contributed by atoms with Gasteiger partial charge in [-0.15, -0.1) is 0 Å². The van der Waals surface area contributed by atoms with E-state index in [-0.39, 0.29) is 10.8 Å². The van der Waals surface area contributed by atoms with Crippen molar-refractivity contribution < 1.29 is 18.0 Å². The lowest BCUT2D eigenvalue weighted by atomic mass is 10.00. The largest absolute Gasteiger partial charge is 0.354 e. The van der Waals surface area contributed by atoms with E-state index in [1.807, 2.05) is 42.5 Å². The number of hydrogen-bond donors (Lipinski definition) is 2. The standard InChI is InChI=1S/C29H23N3O4S/c1-20(33)32-26-15-9-8-14-25(26)27(29(32)34)28(21-10-4-2-5-11-21)30-22-16-18-23(19-17-22)31-37(35,36)24-12-6-3-7-13-24/h2-19,30-31H,1H3. The zero-order valence-corrected chi connectivity index (χ0v) is 20.7. The van der Waals surface area contributed by atoms with Gasteiger partial charge in [0.25, 0.3) is 15.9 Å². The number of para-hydroxylation sites is 1. The zero-order chi connectivity index (χ0) is 26.0. The lowest BCUT2D eigenvalue weighted by Gasteiger charge is -2.16. The van der Waals surface area contributed by atoms with Crippen LogP contribution in [-0.4, -0.2) is 20.2 Å². The van der Waals surface area contributed by atoms with Gasteiger partial charge in [0, 0.05) is 23.9 Å². The molecule has 0 radical (unpaired) electrons. The van der Waals surface area contributed by atoms with E-state index >= 15 is 0 Å². The van der Waals surface area contributed by atoms with E-state index in [9.17, 15) is 18.0 Å². The third kappa shape index (κ3) is 4.74. The van der Waals surface area contributed by atoms with Crippen molar-refractivity contribution >= 4 is 50.2 Å². The lowest BCUT2D eigenvalue weighted by molar-refractivity contribution is -0.122. The van der Waals surface area contributed by atoms with Crippen LogP contribution in [0.4, 0.5) is 17.1 Å². The first-order valence-electron chi connectivity index (χ1n) is 11.5. The Morgan fingerprint density at radius 2 is 1.30 bits per heavy atom. The van der Waals surface area contributed by atoms with E-state index in [0.29, 0.717) is 33.9 Å². The number of nitrogens with zero attached hydrogens (tertiary/aromatic N) is 1. The Hall–Kier alpha value is -4.69. The molecule has 8 heteroatoms. The molecule has 2 N–H and O–H groups in total. The predicted octanol–water partition coefficient (Wildman–Crippen LogP) is 5.36. The van der Waals surface area contributed by atoms with Crippen LogP contribution in [0.15, 0.2) is 114 Å². The molecule has 0 aromatic heterocycles. The third-order valence-corrected chi connectivity index (χ3v) is 7.32. The van der Waals surface area contributed by atoms with Crippen LogP contribution in [0.1, 0.15) is 18.1 Å². The number of benzene rings is 4. The molecule has 2 amide bonds. The van der Waals surface area contributed by atoms with Gasteiger partial charge in [0.15, 0.2) is 0 Å². The average Bonchev–Trinajstić information content (AvgIpc) is 3.21. The molecule has 1 heterocycles. The molecule has 0 saturated heterocycles. The minimum Gasteiger partial charge on any atom is -0.354 e. The average molecular weight is 510 g/mol. The minimum atomic E-state index is -3.72. The number of imide groups is 1. The highest BCUT2D eigenvalue weighted by Crippen LogP contribution is 2.41. The van der Waals surface area contributed by atoms with Crippen LogP contribution in [0.2, 0.25) is 0 Å². The van der Waals surface area contributed by atoms with Crippen LogP contribution < -0.4 is 14.9 Å². The Morgan fingerprint density at radius 1 is 0.730 bits per heavy atom. The molecular weight excluding hydrogens is 486 g/mol. The molecule has 184 valence electrons. The van der Waals surface area contributed by atoms with Crippen LogP contribution >= 0.6 is 0 Å². The Labute approximate surface area is 215 Å². The number of amides is 2. The molecule has 0 aliphatic carbocycles. The van der Waals surface area contributed by atoms with Gasteiger partial charge in [-0.1, -0.05) is 66.7 Å². The summed E-state index contributed by atoms with van der Waals surface area (Å²) >= 11 is 0. The molecule has 1 aliphatic rings. The third-order valence-electron chi connectivity index (χ3n) is 5.92. The van der Waals surface area contributed by atoms with Crippen molar-refractivity contribution in [2.45, 2.75) is 11.8 Å². The maximum absolute atomic E-state index is 13.5. The van der Waals surface area contributed by atoms with Crippen LogP contribution in [0.3, 0.4) is 0 Å². The van der Waals surface area contributed by atoms with Gasteiger partial charge < -0.3 is 5.32 Å². The molecule has 0 spiro atoms. The molecule has 0 saturated carbocycles. The highest BCUT2D eigenvalue weighted by molar-refractivity contribution is 7.92. The summed E-state index contributed by atoms with van der Waals surface area (Å²) in [5, 5.41) is 3.33. The molecule has 4 aromatic carbocycles. The van der Waals surface area contributed by atoms with E-state index in [1.165, 1.54) is 24.0 Å². The summed E-state index contributed by atoms with van der Waals surface area (Å²) in [5.41, 5.74) is 3.91. The fourth-order valence-corrected chi connectivity index (χ4v) is 5.31. The topological polar surface area (TPSA) is 95.6 Å². The smallest absolute Gasteiger partial charge is 0.267 e. The predicted molar refractivity (Wildman–Crippen MR) is 145 cm³/mol. The van der Waals surface area contributed by atoms with Crippen molar-refractivity contribution in [3.8, 4) is 0 Å². The van der Waals surface area contributed by atoms with E-state index in [4.69, 9.17) is 0 Å². The van der Waals surface area contributed by atoms with Gasteiger partial charge in [0.2, 0.25) is 5.91 Å². The minimum absolute atomic E-state index is 0.168. The van der Waals surface area contributed by atoms with E-state index in [2.05, 4.69) is 10.0 Å². The summed E-state index contributed by atoms with van der Waals surface area (Å²) in [6.07, 6.45) is 0. The second-order valence-corrected chi connectivity index (χ2v) is 10.1. The number of sulfonamides is 1. The molecule has 0 atom stereocenters. The fraction of sp³-hybridized carbons (Fsp3) is 0.0345. The lowest BCUT2D eigenvalue weighted by Crippen LogP contribution is -2.31. The number of carbonyl (C=O) groups is 2. The molecule has 4 aromatic rings. The molecule has 37 heavy (non-hydrogen) atoms. The van der Waals surface area contributed by atoms with Crippen LogP contribution in [0.5, 0.6) is 0 Å². The Balaban J connectivity index is 1.52. The summed E-state index contributed by atoms with van der Waals surface area (Å²) in [6, 6.07) is 31.4. The first-order chi connectivity index (χ1) is 17.8. The summed E-state index contributed by atoms with van der Waals surface area (Å²) in [5.74, 6) is -0.776. The van der Waals surface area contributed by atoms with Gasteiger partial charge in [-0.2, -0.15) is 0 Å². The number of hydrogen-bond acceptors (Lipinski definition) is 5. The van der Waals surface area contributed by atoms with Crippen molar-refractivity contribution in [3.63, 3.8) is 0 Å². The van der Waals surface area contributed by atoms with Gasteiger partial charge in [-0.25, -0.2) is 13.3 Å². The SMILES string of the molecule is CC(=O)N1C(=O)C(=C(Nc2ccc(NS(=O)(=O)c3ccccc3)cc2)c2ccccc2)c2ccccc21. The highest BCUT2D eigenvalue weighted by atomic mass is 32.2. The Kier molecular flexibility index (Phi) is 6.33. The van der Waals surface area contributed by atoms with Gasteiger partial charge in [-0.05, 0) is 48.0 Å². The monoisotopic (exact) mass is 509 g/mol. The van der Waals surface area contributed by atoms with Crippen molar-refractivity contribution in [2.75, 3.05) is 14.9 Å². The summed E-state index contributed by atoms with van der Waals surface area (Å²) in [6.45, 7) is 1.36. The van der Waals surface area contributed by atoms with Crippen LogP contribution in [-0.2, 0) is 19.6 Å².